The molecule has 66 valence electrons. The predicted molar refractivity (Wildman–Crippen MR) is 39.9 cm³/mol. The molecule has 0 fully saturated rings. The van der Waals surface area contributed by atoms with E-state index < -0.39 is 17.7 Å². The van der Waals surface area contributed by atoms with E-state index >= 15 is 0 Å². The van der Waals surface area contributed by atoms with Crippen LogP contribution in [0.15, 0.2) is 11.3 Å². The minimum atomic E-state index is -0.528. The van der Waals surface area contributed by atoms with Gasteiger partial charge in [0.1, 0.15) is 0 Å². The first-order valence-corrected chi connectivity index (χ1v) is 3.81. The average Bonchev–Trinajstić information content (AvgIpc) is 2.25. The summed E-state index contributed by atoms with van der Waals surface area (Å²) in [5, 5.41) is 13.7. The fourth-order valence-corrected chi connectivity index (χ4v) is 1.20. The molecule has 1 aliphatic rings. The van der Waals surface area contributed by atoms with E-state index in [0.717, 1.165) is 0 Å². The molecule has 1 heterocycles. The van der Waals surface area contributed by atoms with E-state index in [1.165, 1.54) is 6.92 Å². The summed E-state index contributed by atoms with van der Waals surface area (Å²) in [7, 11) is 0. The molecular formula is C8H10NNaO3. The first kappa shape index (κ1) is 12.7. The molecule has 0 bridgehead atoms. The van der Waals surface area contributed by atoms with Gasteiger partial charge >= 0.3 is 29.6 Å². The second kappa shape index (κ2) is 4.79. The number of Topliss-reactive ketones (excluding diaryl/α,β-unsaturated/α-hetero) is 1. The molecule has 5 heteroatoms. The second-order valence-corrected chi connectivity index (χ2v) is 2.73. The van der Waals surface area contributed by atoms with Crippen LogP contribution in [0.5, 0.6) is 0 Å². The van der Waals surface area contributed by atoms with Crippen LogP contribution in [0.4, 0.5) is 0 Å². The summed E-state index contributed by atoms with van der Waals surface area (Å²) in [6.07, 6.45) is 0.529. The zero-order chi connectivity index (χ0) is 9.30. The number of rotatable bonds is 2. The molecule has 1 aliphatic heterocycles. The van der Waals surface area contributed by atoms with E-state index in [0.29, 0.717) is 6.42 Å². The molecule has 0 spiro atoms. The third-order valence-corrected chi connectivity index (χ3v) is 1.86. The third-order valence-electron chi connectivity index (χ3n) is 1.86. The van der Waals surface area contributed by atoms with Gasteiger partial charge in [0.2, 0.25) is 0 Å². The first-order valence-electron chi connectivity index (χ1n) is 3.81. The van der Waals surface area contributed by atoms with Crippen LogP contribution in [0.3, 0.4) is 0 Å². The zero-order valence-electron chi connectivity index (χ0n) is 8.01. The van der Waals surface area contributed by atoms with Crippen molar-refractivity contribution in [3.8, 4) is 0 Å². The number of ketones is 1. The van der Waals surface area contributed by atoms with E-state index in [1.807, 2.05) is 0 Å². The molecule has 1 atom stereocenters. The molecule has 1 N–H and O–H groups in total. The van der Waals surface area contributed by atoms with Crippen molar-refractivity contribution in [3.63, 3.8) is 0 Å². The van der Waals surface area contributed by atoms with Crippen molar-refractivity contribution in [2.75, 3.05) is 0 Å². The van der Waals surface area contributed by atoms with Crippen LogP contribution in [0.2, 0.25) is 0 Å². The molecule has 0 aromatic heterocycles. The molecule has 0 aliphatic carbocycles. The summed E-state index contributed by atoms with van der Waals surface area (Å²) < 4.78 is 0. The van der Waals surface area contributed by atoms with Gasteiger partial charge < -0.3 is 10.4 Å². The SMILES string of the molecule is CCC1NC(=O)C(C(C)=O)=C1[O-].[Na+]. The van der Waals surface area contributed by atoms with Crippen LogP contribution < -0.4 is 40.0 Å². The molecule has 1 unspecified atom stereocenters. The van der Waals surface area contributed by atoms with Crippen LogP contribution in [0.1, 0.15) is 20.3 Å². The zero-order valence-corrected chi connectivity index (χ0v) is 10.0. The van der Waals surface area contributed by atoms with Gasteiger partial charge in [-0.15, -0.1) is 0 Å². The van der Waals surface area contributed by atoms with E-state index in [1.54, 1.807) is 6.92 Å². The normalized spacial score (nSPS) is 21.1. The standard InChI is InChI=1S/C8H11NO3.Na/c1-3-5-7(11)6(4(2)10)8(12)9-5;/h5,11H,3H2,1-2H3,(H,9,12);/q;+1/p-1. The van der Waals surface area contributed by atoms with Gasteiger partial charge in [-0.05, 0) is 13.3 Å². The number of carbonyl (C=O) groups excluding carboxylic acids is 2. The maximum absolute atomic E-state index is 11.2. The van der Waals surface area contributed by atoms with Crippen molar-refractivity contribution in [1.82, 2.24) is 5.32 Å². The van der Waals surface area contributed by atoms with Crippen LogP contribution in [0.25, 0.3) is 0 Å². The Bertz CT molecular complexity index is 273. The van der Waals surface area contributed by atoms with E-state index in [4.69, 9.17) is 0 Å². The van der Waals surface area contributed by atoms with Crippen molar-refractivity contribution < 1.29 is 44.3 Å². The van der Waals surface area contributed by atoms with Crippen molar-refractivity contribution in [2.45, 2.75) is 26.3 Å². The van der Waals surface area contributed by atoms with E-state index in [-0.39, 0.29) is 40.9 Å². The van der Waals surface area contributed by atoms with Crippen molar-refractivity contribution in [2.24, 2.45) is 0 Å². The van der Waals surface area contributed by atoms with Crippen LogP contribution in [-0.2, 0) is 9.59 Å². The fourth-order valence-electron chi connectivity index (χ4n) is 1.20. The van der Waals surface area contributed by atoms with Gasteiger partial charge in [-0.2, -0.15) is 0 Å². The Kier molecular flexibility index (Phi) is 4.67. The predicted octanol–water partition coefficient (Wildman–Crippen LogP) is -3.90. The number of hydrogen-bond donors (Lipinski definition) is 1. The Labute approximate surface area is 98.7 Å². The van der Waals surface area contributed by atoms with Gasteiger partial charge in [0, 0.05) is 6.04 Å². The van der Waals surface area contributed by atoms with Crippen LogP contribution >= 0.6 is 0 Å². The molecule has 0 radical (unpaired) electrons. The van der Waals surface area contributed by atoms with Crippen LogP contribution in [0, 0.1) is 0 Å². The number of hydrogen-bond acceptors (Lipinski definition) is 3. The first-order chi connectivity index (χ1) is 5.57. The Hall–Kier alpha value is -0.320. The molecule has 1 rings (SSSR count). The van der Waals surface area contributed by atoms with Gasteiger partial charge in [-0.1, -0.05) is 12.7 Å². The Balaban J connectivity index is 0.00000144. The summed E-state index contributed by atoms with van der Waals surface area (Å²) in [4.78, 5) is 21.8. The molecule has 0 saturated heterocycles. The van der Waals surface area contributed by atoms with E-state index in [9.17, 15) is 14.7 Å². The summed E-state index contributed by atoms with van der Waals surface area (Å²) >= 11 is 0. The number of carbonyl (C=O) groups is 2. The van der Waals surface area contributed by atoms with Gasteiger partial charge in [0.25, 0.3) is 5.91 Å². The summed E-state index contributed by atoms with van der Waals surface area (Å²) in [5.74, 6) is -1.34. The van der Waals surface area contributed by atoms with Gasteiger partial charge in [0.15, 0.2) is 5.78 Å². The molecule has 1 amide bonds. The number of nitrogens with one attached hydrogen (secondary N) is 1. The second-order valence-electron chi connectivity index (χ2n) is 2.73. The monoisotopic (exact) mass is 191 g/mol. The smallest absolute Gasteiger partial charge is 0.873 e. The maximum Gasteiger partial charge on any atom is 1.00 e. The Morgan fingerprint density at radius 3 is 2.38 bits per heavy atom. The molecular weight excluding hydrogens is 181 g/mol. The molecule has 13 heavy (non-hydrogen) atoms. The Morgan fingerprint density at radius 1 is 1.62 bits per heavy atom. The fraction of sp³-hybridized carbons (Fsp3) is 0.500. The third kappa shape index (κ3) is 2.33. The van der Waals surface area contributed by atoms with Crippen molar-refractivity contribution in [3.05, 3.63) is 11.3 Å². The largest absolute Gasteiger partial charge is 1.00 e. The molecule has 0 saturated carbocycles. The molecule has 4 nitrogen and oxygen atoms in total. The topological polar surface area (TPSA) is 69.2 Å². The van der Waals surface area contributed by atoms with Gasteiger partial charge in [-0.3, -0.25) is 9.59 Å². The van der Waals surface area contributed by atoms with E-state index in [2.05, 4.69) is 5.32 Å². The molecule has 0 aromatic rings. The summed E-state index contributed by atoms with van der Waals surface area (Å²) in [6, 6.07) is -0.489. The van der Waals surface area contributed by atoms with Gasteiger partial charge in [0.05, 0.1) is 5.57 Å². The summed E-state index contributed by atoms with van der Waals surface area (Å²) in [5.41, 5.74) is -0.207. The number of amides is 1. The van der Waals surface area contributed by atoms with Crippen molar-refractivity contribution in [1.29, 1.82) is 0 Å². The summed E-state index contributed by atoms with van der Waals surface area (Å²) in [6.45, 7) is 3.01. The minimum absolute atomic E-state index is 0. The minimum Gasteiger partial charge on any atom is -0.873 e. The Morgan fingerprint density at radius 2 is 2.15 bits per heavy atom. The van der Waals surface area contributed by atoms with Gasteiger partial charge in [-0.25, -0.2) is 0 Å². The quantitative estimate of drug-likeness (QED) is 0.358. The molecule has 0 aromatic carbocycles. The average molecular weight is 191 g/mol. The van der Waals surface area contributed by atoms with Crippen molar-refractivity contribution >= 4 is 11.7 Å². The van der Waals surface area contributed by atoms with Crippen LogP contribution in [-0.4, -0.2) is 17.7 Å². The maximum atomic E-state index is 11.2.